The maximum Gasteiger partial charge on any atom is 0.335 e. The van der Waals surface area contributed by atoms with Crippen LogP contribution in [-0.2, 0) is 11.3 Å². The first-order valence-corrected chi connectivity index (χ1v) is 6.70. The third kappa shape index (κ3) is 2.67. The zero-order chi connectivity index (χ0) is 14.9. The van der Waals surface area contributed by atoms with Gasteiger partial charge in [-0.25, -0.2) is 9.78 Å². The van der Waals surface area contributed by atoms with Crippen molar-refractivity contribution in [1.82, 2.24) is 9.55 Å². The Bertz CT molecular complexity index is 631. The van der Waals surface area contributed by atoms with Gasteiger partial charge in [-0.15, -0.1) is 0 Å². The molecule has 1 aromatic heterocycles. The van der Waals surface area contributed by atoms with Gasteiger partial charge in [-0.05, 0) is 25.1 Å². The van der Waals surface area contributed by atoms with Gasteiger partial charge in [0.2, 0.25) is 0 Å². The first-order chi connectivity index (χ1) is 9.43. The smallest absolute Gasteiger partial charge is 0.335 e. The van der Waals surface area contributed by atoms with E-state index in [0.717, 1.165) is 16.9 Å². The summed E-state index contributed by atoms with van der Waals surface area (Å²) < 4.78 is 7.44. The lowest BCUT2D eigenvalue weighted by atomic mass is 10.2. The third-order valence-electron chi connectivity index (χ3n) is 3.38. The van der Waals surface area contributed by atoms with Crippen LogP contribution in [0.2, 0.25) is 0 Å². The van der Waals surface area contributed by atoms with Gasteiger partial charge < -0.3 is 14.4 Å². The monoisotopic (exact) mass is 276 g/mol. The van der Waals surface area contributed by atoms with E-state index in [1.807, 2.05) is 13.0 Å². The van der Waals surface area contributed by atoms with Crippen molar-refractivity contribution in [3.8, 4) is 0 Å². The molecule has 0 spiro atoms. The van der Waals surface area contributed by atoms with Gasteiger partial charge >= 0.3 is 5.97 Å². The highest BCUT2D eigenvalue weighted by Gasteiger charge is 2.16. The van der Waals surface area contributed by atoms with Gasteiger partial charge in [0.15, 0.2) is 0 Å². The molecular formula is C15H20N2O3. The van der Waals surface area contributed by atoms with E-state index in [4.69, 9.17) is 9.84 Å². The fraction of sp³-hybridized carbons (Fsp3) is 0.467. The van der Waals surface area contributed by atoms with Crippen LogP contribution < -0.4 is 0 Å². The van der Waals surface area contributed by atoms with E-state index in [0.29, 0.717) is 6.54 Å². The van der Waals surface area contributed by atoms with Crippen LogP contribution >= 0.6 is 0 Å². The number of benzene rings is 1. The Morgan fingerprint density at radius 2 is 2.10 bits per heavy atom. The number of carbonyl (C=O) groups is 1. The fourth-order valence-corrected chi connectivity index (χ4v) is 2.25. The second-order valence-electron chi connectivity index (χ2n) is 5.29. The van der Waals surface area contributed by atoms with Gasteiger partial charge in [-0.1, -0.05) is 13.8 Å². The Balaban J connectivity index is 2.57. The summed E-state index contributed by atoms with van der Waals surface area (Å²) in [6.07, 6.45) is 0.0732. The van der Waals surface area contributed by atoms with E-state index in [9.17, 15) is 4.79 Å². The maximum atomic E-state index is 11.0. The molecule has 1 unspecified atom stereocenters. The van der Waals surface area contributed by atoms with Crippen LogP contribution in [0.15, 0.2) is 18.2 Å². The van der Waals surface area contributed by atoms with Crippen molar-refractivity contribution in [1.29, 1.82) is 0 Å². The molecule has 2 rings (SSSR count). The molecule has 20 heavy (non-hydrogen) atoms. The van der Waals surface area contributed by atoms with Crippen LogP contribution in [0, 0.1) is 0 Å². The minimum absolute atomic E-state index is 0.0732. The minimum Gasteiger partial charge on any atom is -0.478 e. The number of hydrogen-bond acceptors (Lipinski definition) is 3. The first-order valence-electron chi connectivity index (χ1n) is 6.70. The predicted molar refractivity (Wildman–Crippen MR) is 77.3 cm³/mol. The molecule has 0 aliphatic heterocycles. The average Bonchev–Trinajstić information content (AvgIpc) is 2.76. The molecule has 108 valence electrons. The number of carboxylic acids is 1. The van der Waals surface area contributed by atoms with E-state index in [1.165, 1.54) is 0 Å². The maximum absolute atomic E-state index is 11.0. The zero-order valence-electron chi connectivity index (χ0n) is 12.3. The quantitative estimate of drug-likeness (QED) is 0.912. The van der Waals surface area contributed by atoms with Gasteiger partial charge in [0, 0.05) is 13.0 Å². The molecule has 0 radical (unpaired) electrons. The summed E-state index contributed by atoms with van der Waals surface area (Å²) in [5.74, 6) is 0.281. The molecule has 2 aromatic rings. The molecule has 0 saturated heterocycles. The highest BCUT2D eigenvalue weighted by atomic mass is 16.5. The number of rotatable bonds is 5. The molecule has 0 bridgehead atoms. The number of imidazole rings is 1. The Kier molecular flexibility index (Phi) is 4.09. The molecule has 0 aliphatic carbocycles. The van der Waals surface area contributed by atoms with Crippen molar-refractivity contribution < 1.29 is 14.6 Å². The molecule has 0 saturated carbocycles. The number of hydrogen-bond donors (Lipinski definition) is 1. The van der Waals surface area contributed by atoms with Crippen LogP contribution in [0.1, 0.15) is 42.9 Å². The van der Waals surface area contributed by atoms with Crippen LogP contribution in [-0.4, -0.2) is 33.8 Å². The highest BCUT2D eigenvalue weighted by molar-refractivity contribution is 5.92. The van der Waals surface area contributed by atoms with Gasteiger partial charge in [0.25, 0.3) is 0 Å². The standard InChI is InChI=1S/C15H20N2O3/c1-9(2)14-16-12-7-11(15(18)19)5-6-13(12)17(14)8-10(3)20-4/h5-7,9-10H,8H2,1-4H3,(H,18,19). The molecule has 1 N–H and O–H groups in total. The molecule has 0 aliphatic rings. The van der Waals surface area contributed by atoms with Gasteiger partial charge in [-0.3, -0.25) is 0 Å². The number of fused-ring (bicyclic) bond motifs is 1. The number of aromatic nitrogens is 2. The topological polar surface area (TPSA) is 64.4 Å². The van der Waals surface area contributed by atoms with Gasteiger partial charge in [-0.2, -0.15) is 0 Å². The molecule has 5 heteroatoms. The summed E-state index contributed by atoms with van der Waals surface area (Å²) in [6.45, 7) is 6.86. The van der Waals surface area contributed by atoms with E-state index >= 15 is 0 Å². The summed E-state index contributed by atoms with van der Waals surface area (Å²) in [7, 11) is 1.68. The van der Waals surface area contributed by atoms with Crippen molar-refractivity contribution in [3.63, 3.8) is 0 Å². The SMILES string of the molecule is COC(C)Cn1c(C(C)C)nc2cc(C(=O)O)ccc21. The molecule has 5 nitrogen and oxygen atoms in total. The molecule has 1 aromatic carbocycles. The lowest BCUT2D eigenvalue weighted by Crippen LogP contribution is -2.17. The largest absolute Gasteiger partial charge is 0.478 e. The summed E-state index contributed by atoms with van der Waals surface area (Å²) >= 11 is 0. The summed E-state index contributed by atoms with van der Waals surface area (Å²) in [4.78, 5) is 15.6. The summed E-state index contributed by atoms with van der Waals surface area (Å²) in [6, 6.07) is 5.06. The van der Waals surface area contributed by atoms with Crippen molar-refractivity contribution in [2.24, 2.45) is 0 Å². The second-order valence-corrected chi connectivity index (χ2v) is 5.29. The summed E-state index contributed by atoms with van der Waals surface area (Å²) in [5, 5.41) is 9.06. The lowest BCUT2D eigenvalue weighted by molar-refractivity contribution is 0.0697. The van der Waals surface area contributed by atoms with Crippen LogP contribution in [0.4, 0.5) is 0 Å². The molecular weight excluding hydrogens is 256 g/mol. The van der Waals surface area contributed by atoms with E-state index < -0.39 is 5.97 Å². The number of carboxylic acid groups (broad SMARTS) is 1. The van der Waals surface area contributed by atoms with E-state index in [2.05, 4.69) is 23.4 Å². The van der Waals surface area contributed by atoms with Crippen molar-refractivity contribution in [2.75, 3.05) is 7.11 Å². The molecule has 1 heterocycles. The van der Waals surface area contributed by atoms with Crippen LogP contribution in [0.3, 0.4) is 0 Å². The number of methoxy groups -OCH3 is 1. The average molecular weight is 276 g/mol. The number of nitrogens with zero attached hydrogens (tertiary/aromatic N) is 2. The van der Waals surface area contributed by atoms with Crippen LogP contribution in [0.5, 0.6) is 0 Å². The Morgan fingerprint density at radius 1 is 1.40 bits per heavy atom. The Hall–Kier alpha value is -1.88. The Labute approximate surface area is 118 Å². The molecule has 0 fully saturated rings. The van der Waals surface area contributed by atoms with Gasteiger partial charge in [0.05, 0.1) is 29.2 Å². The van der Waals surface area contributed by atoms with Gasteiger partial charge in [0.1, 0.15) is 5.82 Å². The van der Waals surface area contributed by atoms with E-state index in [-0.39, 0.29) is 17.6 Å². The van der Waals surface area contributed by atoms with E-state index in [1.54, 1.807) is 19.2 Å². The third-order valence-corrected chi connectivity index (χ3v) is 3.38. The second kappa shape index (κ2) is 5.63. The zero-order valence-corrected chi connectivity index (χ0v) is 12.3. The minimum atomic E-state index is -0.933. The van der Waals surface area contributed by atoms with Crippen molar-refractivity contribution in [3.05, 3.63) is 29.6 Å². The Morgan fingerprint density at radius 3 is 2.65 bits per heavy atom. The first kappa shape index (κ1) is 14.5. The number of aromatic carboxylic acids is 1. The predicted octanol–water partition coefficient (Wildman–Crippen LogP) is 2.89. The summed E-state index contributed by atoms with van der Waals surface area (Å²) in [5.41, 5.74) is 1.93. The molecule has 0 amide bonds. The normalized spacial score (nSPS) is 13.1. The fourth-order valence-electron chi connectivity index (χ4n) is 2.25. The highest BCUT2D eigenvalue weighted by Crippen LogP contribution is 2.23. The van der Waals surface area contributed by atoms with Crippen molar-refractivity contribution in [2.45, 2.75) is 39.3 Å². The molecule has 1 atom stereocenters. The lowest BCUT2D eigenvalue weighted by Gasteiger charge is -2.15. The van der Waals surface area contributed by atoms with Crippen molar-refractivity contribution >= 4 is 17.0 Å². The number of ether oxygens (including phenoxy) is 1. The van der Waals surface area contributed by atoms with Crippen LogP contribution in [0.25, 0.3) is 11.0 Å².